The van der Waals surface area contributed by atoms with Crippen molar-refractivity contribution in [3.8, 4) is 34.1 Å². The minimum Gasteiger partial charge on any atom is -0.495 e. The maximum Gasteiger partial charge on any atom is 0.255 e. The van der Waals surface area contributed by atoms with Crippen molar-refractivity contribution in [1.29, 1.82) is 0 Å². The van der Waals surface area contributed by atoms with Crippen molar-refractivity contribution in [1.82, 2.24) is 0 Å². The van der Waals surface area contributed by atoms with Crippen LogP contribution in [-0.4, -0.2) is 26.2 Å². The number of benzene rings is 6. The predicted octanol–water partition coefficient (Wildman–Crippen LogP) is 12.1. The normalized spacial score (nSPS) is 14.3. The topological polar surface area (TPSA) is 66.0 Å². The van der Waals surface area contributed by atoms with Gasteiger partial charge < -0.3 is 24.3 Å². The lowest BCUT2D eigenvalue weighted by Gasteiger charge is -2.38. The molecule has 1 amide bonds. The summed E-state index contributed by atoms with van der Waals surface area (Å²) in [5.74, 6) is 2.75. The minimum absolute atomic E-state index is 0.207. The molecule has 284 valence electrons. The van der Waals surface area contributed by atoms with E-state index in [-0.39, 0.29) is 11.3 Å². The van der Waals surface area contributed by atoms with Crippen molar-refractivity contribution in [3.05, 3.63) is 155 Å². The number of carbonyl (C=O) groups excluding carboxylic acids is 1. The van der Waals surface area contributed by atoms with Gasteiger partial charge in [-0.3, -0.25) is 4.79 Å². The highest BCUT2D eigenvalue weighted by Gasteiger charge is 2.44. The van der Waals surface area contributed by atoms with Gasteiger partial charge in [0.25, 0.3) is 5.91 Å². The Morgan fingerprint density at radius 3 is 1.95 bits per heavy atom. The van der Waals surface area contributed by atoms with E-state index in [1.54, 1.807) is 7.11 Å². The van der Waals surface area contributed by atoms with Gasteiger partial charge in [0.2, 0.25) is 0 Å². The average molecular weight is 744 g/mol. The summed E-state index contributed by atoms with van der Waals surface area (Å²) in [5, 5.41) is 5.03. The minimum atomic E-state index is -0.985. The zero-order valence-corrected chi connectivity index (χ0v) is 32.9. The molecule has 0 atom stereocenters. The van der Waals surface area contributed by atoms with Gasteiger partial charge in [0.15, 0.2) is 5.60 Å². The Morgan fingerprint density at radius 1 is 0.732 bits per heavy atom. The van der Waals surface area contributed by atoms with E-state index in [1.807, 2.05) is 60.7 Å². The quantitative estimate of drug-likeness (QED) is 0.119. The van der Waals surface area contributed by atoms with E-state index in [0.29, 0.717) is 30.2 Å². The highest BCUT2D eigenvalue weighted by atomic mass is 16.5. The molecule has 0 fully saturated rings. The smallest absolute Gasteiger partial charge is 0.255 e. The molecule has 0 saturated heterocycles. The lowest BCUT2D eigenvalue weighted by Crippen LogP contribution is -2.35. The molecule has 56 heavy (non-hydrogen) atoms. The fourth-order valence-corrected chi connectivity index (χ4v) is 8.27. The Morgan fingerprint density at radius 2 is 1.34 bits per heavy atom. The summed E-state index contributed by atoms with van der Waals surface area (Å²) in [6.07, 6.45) is 8.59. The van der Waals surface area contributed by atoms with E-state index in [1.165, 1.54) is 16.7 Å². The van der Waals surface area contributed by atoms with Crippen LogP contribution in [0.5, 0.6) is 23.0 Å². The molecule has 0 saturated carbocycles. The third-order valence-corrected chi connectivity index (χ3v) is 11.2. The molecule has 8 rings (SSSR count). The summed E-state index contributed by atoms with van der Waals surface area (Å²) < 4.78 is 25.8. The first kappa shape index (κ1) is 36.9. The molecule has 1 N–H and O–H groups in total. The SMILES string of the molecule is CCCCOc1ccc(C2(c3ccc(OCCCC)cc3)C=Cc3c4c(c5cc(NC(=O)c6ccccc6)c(OC)cc5c3O2)-c2ccccc2C4(C)C)cc1. The van der Waals surface area contributed by atoms with Crippen LogP contribution in [0.15, 0.2) is 121 Å². The average Bonchev–Trinajstić information content (AvgIpc) is 3.48. The number of rotatable bonds is 13. The number of ether oxygens (including phenoxy) is 4. The Labute approximate surface area is 330 Å². The highest BCUT2D eigenvalue weighted by molar-refractivity contribution is 6.12. The number of methoxy groups -OCH3 is 1. The Balaban J connectivity index is 1.33. The second-order valence-corrected chi connectivity index (χ2v) is 15.2. The number of nitrogens with one attached hydrogen (secondary N) is 1. The van der Waals surface area contributed by atoms with Gasteiger partial charge in [-0.2, -0.15) is 0 Å². The second kappa shape index (κ2) is 15.3. The Bertz CT molecular complexity index is 2360. The molecule has 1 aliphatic heterocycles. The lowest BCUT2D eigenvalue weighted by molar-refractivity contribution is 0.102. The van der Waals surface area contributed by atoms with Crippen molar-refractivity contribution >= 4 is 28.4 Å². The molecule has 2 aliphatic rings. The van der Waals surface area contributed by atoms with Gasteiger partial charge in [0.05, 0.1) is 26.0 Å². The zero-order valence-electron chi connectivity index (χ0n) is 32.9. The molecule has 0 spiro atoms. The number of anilines is 1. The van der Waals surface area contributed by atoms with Crippen LogP contribution < -0.4 is 24.3 Å². The van der Waals surface area contributed by atoms with Crippen LogP contribution in [0, 0.1) is 0 Å². The van der Waals surface area contributed by atoms with Crippen molar-refractivity contribution < 1.29 is 23.7 Å². The molecule has 0 aromatic heterocycles. The van der Waals surface area contributed by atoms with Gasteiger partial charge in [-0.25, -0.2) is 0 Å². The van der Waals surface area contributed by atoms with Crippen LogP contribution >= 0.6 is 0 Å². The standard InChI is InChI=1S/C50H49NO5/c1-6-8-29-54-36-23-19-34(20-24-36)50(35-21-25-37(26-22-35)55-30-9-7-2)28-27-39-46-45(38-17-13-14-18-42(38)49(46,3)4)40-31-43(44(53-5)32-41(40)47(39)56-50)51-48(52)33-15-11-10-12-16-33/h10-28,31-32H,6-9,29-30H2,1-5H3,(H,51,52). The van der Waals surface area contributed by atoms with Crippen molar-refractivity contribution in [2.45, 2.75) is 64.4 Å². The van der Waals surface area contributed by atoms with Crippen molar-refractivity contribution in [2.24, 2.45) is 0 Å². The third kappa shape index (κ3) is 6.47. The predicted molar refractivity (Wildman–Crippen MR) is 227 cm³/mol. The van der Waals surface area contributed by atoms with Gasteiger partial charge in [-0.15, -0.1) is 0 Å². The first-order valence-corrected chi connectivity index (χ1v) is 19.8. The van der Waals surface area contributed by atoms with Gasteiger partial charge in [-0.05, 0) is 95.1 Å². The summed E-state index contributed by atoms with van der Waals surface area (Å²) in [6, 6.07) is 38.5. The first-order valence-electron chi connectivity index (χ1n) is 19.8. The number of fused-ring (bicyclic) bond motifs is 8. The summed E-state index contributed by atoms with van der Waals surface area (Å²) in [5.41, 5.74) is 7.57. The van der Waals surface area contributed by atoms with Crippen LogP contribution in [0.4, 0.5) is 5.69 Å². The maximum atomic E-state index is 13.6. The molecule has 0 bridgehead atoms. The fraction of sp³-hybridized carbons (Fsp3) is 0.260. The second-order valence-electron chi connectivity index (χ2n) is 15.2. The van der Waals surface area contributed by atoms with Gasteiger partial charge >= 0.3 is 0 Å². The van der Waals surface area contributed by atoms with Gasteiger partial charge in [-0.1, -0.05) is 113 Å². The van der Waals surface area contributed by atoms with Gasteiger partial charge in [0, 0.05) is 33.1 Å². The van der Waals surface area contributed by atoms with E-state index < -0.39 is 5.60 Å². The van der Waals surface area contributed by atoms with Gasteiger partial charge in [0.1, 0.15) is 23.0 Å². The van der Waals surface area contributed by atoms with Crippen LogP contribution in [0.25, 0.3) is 28.0 Å². The van der Waals surface area contributed by atoms with Crippen LogP contribution in [0.3, 0.4) is 0 Å². The number of hydrogen-bond acceptors (Lipinski definition) is 5. The summed E-state index contributed by atoms with van der Waals surface area (Å²) in [6.45, 7) is 10.3. The number of carbonyl (C=O) groups is 1. The maximum absolute atomic E-state index is 13.6. The summed E-state index contributed by atoms with van der Waals surface area (Å²) in [7, 11) is 1.64. The number of unbranched alkanes of at least 4 members (excludes halogenated alkanes) is 2. The third-order valence-electron chi connectivity index (χ3n) is 11.2. The zero-order chi connectivity index (χ0) is 38.9. The molecule has 0 unspecified atom stereocenters. The van der Waals surface area contributed by atoms with E-state index >= 15 is 0 Å². The largest absolute Gasteiger partial charge is 0.495 e. The summed E-state index contributed by atoms with van der Waals surface area (Å²) >= 11 is 0. The first-order chi connectivity index (χ1) is 27.3. The lowest BCUT2D eigenvalue weighted by atomic mass is 9.76. The number of hydrogen-bond donors (Lipinski definition) is 1. The molecule has 1 aliphatic carbocycles. The molecule has 6 aromatic carbocycles. The van der Waals surface area contributed by atoms with E-state index in [4.69, 9.17) is 18.9 Å². The van der Waals surface area contributed by atoms with Crippen molar-refractivity contribution in [3.63, 3.8) is 0 Å². The van der Waals surface area contributed by atoms with Crippen molar-refractivity contribution in [2.75, 3.05) is 25.6 Å². The molecule has 6 aromatic rings. The van der Waals surface area contributed by atoms with Crippen LogP contribution in [0.2, 0.25) is 0 Å². The van der Waals surface area contributed by atoms with Crippen LogP contribution in [-0.2, 0) is 11.0 Å². The monoisotopic (exact) mass is 743 g/mol. The molecule has 6 heteroatoms. The number of amides is 1. The van der Waals surface area contributed by atoms with Crippen LogP contribution in [0.1, 0.15) is 91.6 Å². The Hall–Kier alpha value is -6.01. The van der Waals surface area contributed by atoms with E-state index in [9.17, 15) is 4.79 Å². The van der Waals surface area contributed by atoms with E-state index in [2.05, 4.69) is 99.8 Å². The molecular formula is C50H49NO5. The summed E-state index contributed by atoms with van der Waals surface area (Å²) in [4.78, 5) is 13.6. The molecule has 6 nitrogen and oxygen atoms in total. The fourth-order valence-electron chi connectivity index (χ4n) is 8.27. The molecule has 1 heterocycles. The Kier molecular flexibility index (Phi) is 10.1. The highest BCUT2D eigenvalue weighted by Crippen LogP contribution is 2.59. The molecular weight excluding hydrogens is 695 g/mol. The molecule has 0 radical (unpaired) electrons. The van der Waals surface area contributed by atoms with E-state index in [0.717, 1.165) is 76.0 Å².